The number of nitrogens with zero attached hydrogens (tertiary/aromatic N) is 2. The molecule has 0 saturated carbocycles. The fraction of sp³-hybridized carbons (Fsp3) is 0.0909. The molecule has 1 aromatic carbocycles. The Morgan fingerprint density at radius 3 is 2.75 bits per heavy atom. The predicted molar refractivity (Wildman–Crippen MR) is 58.1 cm³/mol. The van der Waals surface area contributed by atoms with Crippen LogP contribution < -0.4 is 0 Å². The zero-order valence-electron chi connectivity index (χ0n) is 8.45. The van der Waals surface area contributed by atoms with Gasteiger partial charge in [0, 0.05) is 18.8 Å². The number of hydrogen-bond donors (Lipinski definition) is 0. The molecule has 0 amide bonds. The van der Waals surface area contributed by atoms with Gasteiger partial charge in [-0.1, -0.05) is 11.6 Å². The van der Waals surface area contributed by atoms with Gasteiger partial charge in [0.25, 0.3) is 0 Å². The summed E-state index contributed by atoms with van der Waals surface area (Å²) < 4.78 is 14.7. The van der Waals surface area contributed by atoms with Crippen LogP contribution in [0.1, 0.15) is 15.9 Å². The molecule has 0 radical (unpaired) electrons. The average Bonchev–Trinajstić information content (AvgIpc) is 2.68. The van der Waals surface area contributed by atoms with Gasteiger partial charge in [-0.05, 0) is 18.2 Å². The first-order valence-electron chi connectivity index (χ1n) is 4.56. The first-order chi connectivity index (χ1) is 7.58. The van der Waals surface area contributed by atoms with Gasteiger partial charge in [-0.2, -0.15) is 5.10 Å². The molecule has 0 bridgehead atoms. The second-order valence-electron chi connectivity index (χ2n) is 3.36. The van der Waals surface area contributed by atoms with Crippen molar-refractivity contribution < 1.29 is 9.18 Å². The fourth-order valence-corrected chi connectivity index (χ4v) is 1.46. The molecule has 0 saturated heterocycles. The first-order valence-corrected chi connectivity index (χ1v) is 4.94. The molecule has 0 unspecified atom stereocenters. The summed E-state index contributed by atoms with van der Waals surface area (Å²) in [4.78, 5) is 11.9. The lowest BCUT2D eigenvalue weighted by Gasteiger charge is -1.99. The largest absolute Gasteiger partial charge is 0.288 e. The molecule has 16 heavy (non-hydrogen) atoms. The lowest BCUT2D eigenvalue weighted by molar-refractivity contribution is 0.103. The lowest BCUT2D eigenvalue weighted by Crippen LogP contribution is -2.00. The van der Waals surface area contributed by atoms with Crippen LogP contribution in [0, 0.1) is 5.82 Å². The van der Waals surface area contributed by atoms with Gasteiger partial charge in [-0.3, -0.25) is 9.48 Å². The van der Waals surface area contributed by atoms with Crippen LogP contribution in [-0.2, 0) is 7.05 Å². The maximum atomic E-state index is 13.2. The molecule has 0 aliphatic carbocycles. The lowest BCUT2D eigenvalue weighted by atomic mass is 10.1. The van der Waals surface area contributed by atoms with Gasteiger partial charge in [-0.25, -0.2) is 4.39 Å². The van der Waals surface area contributed by atoms with Gasteiger partial charge in [0.1, 0.15) is 5.82 Å². The number of carbonyl (C=O) groups is 1. The summed E-state index contributed by atoms with van der Waals surface area (Å²) in [6, 6.07) is 3.97. The molecule has 0 spiro atoms. The second kappa shape index (κ2) is 4.06. The molecule has 0 aliphatic rings. The Hall–Kier alpha value is -1.68. The van der Waals surface area contributed by atoms with E-state index in [4.69, 9.17) is 11.6 Å². The summed E-state index contributed by atoms with van der Waals surface area (Å²) in [6.45, 7) is 0. The third kappa shape index (κ3) is 1.97. The molecule has 0 N–H and O–H groups in total. The minimum atomic E-state index is -0.601. The molecular weight excluding hydrogens is 231 g/mol. The number of hydrogen-bond acceptors (Lipinski definition) is 2. The van der Waals surface area contributed by atoms with Crippen LogP contribution in [0.2, 0.25) is 5.02 Å². The molecule has 3 nitrogen and oxygen atoms in total. The maximum absolute atomic E-state index is 13.2. The zero-order valence-corrected chi connectivity index (χ0v) is 9.20. The standard InChI is InChI=1S/C11H8ClFN2O/c1-15-6-8(5-14-15)11(16)7-2-3-9(12)10(13)4-7/h2-6H,1H3. The van der Waals surface area contributed by atoms with Crippen LogP contribution >= 0.6 is 11.6 Å². The summed E-state index contributed by atoms with van der Waals surface area (Å²) in [6.07, 6.45) is 3.02. The van der Waals surface area contributed by atoms with E-state index in [1.807, 2.05) is 0 Å². The predicted octanol–water partition coefficient (Wildman–Crippen LogP) is 2.44. The SMILES string of the molecule is Cn1cc(C(=O)c2ccc(Cl)c(F)c2)cn1. The Balaban J connectivity index is 2.38. The van der Waals surface area contributed by atoms with Crippen molar-refractivity contribution in [2.75, 3.05) is 0 Å². The topological polar surface area (TPSA) is 34.9 Å². The molecule has 0 atom stereocenters. The Morgan fingerprint density at radius 1 is 1.44 bits per heavy atom. The highest BCUT2D eigenvalue weighted by Gasteiger charge is 2.12. The average molecular weight is 239 g/mol. The number of rotatable bonds is 2. The highest BCUT2D eigenvalue weighted by Crippen LogP contribution is 2.17. The fourth-order valence-electron chi connectivity index (χ4n) is 1.34. The van der Waals surface area contributed by atoms with Crippen molar-refractivity contribution in [1.82, 2.24) is 9.78 Å². The summed E-state index contributed by atoms with van der Waals surface area (Å²) in [5.41, 5.74) is 0.680. The van der Waals surface area contributed by atoms with E-state index in [0.717, 1.165) is 6.07 Å². The van der Waals surface area contributed by atoms with Crippen LogP contribution in [-0.4, -0.2) is 15.6 Å². The maximum Gasteiger partial charge on any atom is 0.196 e. The van der Waals surface area contributed by atoms with E-state index >= 15 is 0 Å². The molecule has 0 fully saturated rings. The summed E-state index contributed by atoms with van der Waals surface area (Å²) in [5, 5.41) is 3.88. The van der Waals surface area contributed by atoms with Gasteiger partial charge in [-0.15, -0.1) is 0 Å². The molecular formula is C11H8ClFN2O. The van der Waals surface area contributed by atoms with Crippen LogP contribution in [0.5, 0.6) is 0 Å². The molecule has 5 heteroatoms. The minimum Gasteiger partial charge on any atom is -0.288 e. The van der Waals surface area contributed by atoms with Gasteiger partial charge < -0.3 is 0 Å². The van der Waals surface area contributed by atoms with Crippen LogP contribution in [0.3, 0.4) is 0 Å². The highest BCUT2D eigenvalue weighted by atomic mass is 35.5. The Labute approximate surface area is 96.5 Å². The minimum absolute atomic E-state index is 0.00253. The van der Waals surface area contributed by atoms with Crippen molar-refractivity contribution in [3.63, 3.8) is 0 Å². The van der Waals surface area contributed by atoms with E-state index in [2.05, 4.69) is 5.10 Å². The van der Waals surface area contributed by atoms with E-state index < -0.39 is 5.82 Å². The number of aromatic nitrogens is 2. The molecule has 2 aromatic rings. The van der Waals surface area contributed by atoms with Gasteiger partial charge >= 0.3 is 0 Å². The number of halogens is 2. The zero-order chi connectivity index (χ0) is 11.7. The number of benzene rings is 1. The summed E-state index contributed by atoms with van der Waals surface area (Å²) >= 11 is 5.53. The van der Waals surface area contributed by atoms with E-state index in [-0.39, 0.29) is 16.4 Å². The normalized spacial score (nSPS) is 10.4. The van der Waals surface area contributed by atoms with Crippen LogP contribution in [0.4, 0.5) is 4.39 Å². The molecule has 1 aromatic heterocycles. The third-order valence-corrected chi connectivity index (χ3v) is 2.46. The van der Waals surface area contributed by atoms with Crippen molar-refractivity contribution in [3.05, 3.63) is 52.6 Å². The quantitative estimate of drug-likeness (QED) is 0.754. The Morgan fingerprint density at radius 2 is 2.19 bits per heavy atom. The van der Waals surface area contributed by atoms with E-state index in [1.165, 1.54) is 23.0 Å². The van der Waals surface area contributed by atoms with Crippen LogP contribution in [0.25, 0.3) is 0 Å². The Bertz CT molecular complexity index is 551. The second-order valence-corrected chi connectivity index (χ2v) is 3.77. The van der Waals surface area contributed by atoms with Crippen molar-refractivity contribution in [2.24, 2.45) is 7.05 Å². The third-order valence-electron chi connectivity index (χ3n) is 2.15. The monoisotopic (exact) mass is 238 g/mol. The summed E-state index contributed by atoms with van der Waals surface area (Å²) in [7, 11) is 1.71. The highest BCUT2D eigenvalue weighted by molar-refractivity contribution is 6.30. The first kappa shape index (κ1) is 10.8. The molecule has 82 valence electrons. The number of carbonyl (C=O) groups excluding carboxylic acids is 1. The van der Waals surface area contributed by atoms with E-state index in [1.54, 1.807) is 13.2 Å². The van der Waals surface area contributed by atoms with E-state index in [9.17, 15) is 9.18 Å². The van der Waals surface area contributed by atoms with Gasteiger partial charge in [0.05, 0.1) is 16.8 Å². The van der Waals surface area contributed by atoms with Crippen molar-refractivity contribution in [2.45, 2.75) is 0 Å². The molecule has 1 heterocycles. The number of ketones is 1. The Kier molecular flexibility index (Phi) is 2.75. The van der Waals surface area contributed by atoms with E-state index in [0.29, 0.717) is 5.56 Å². The van der Waals surface area contributed by atoms with Gasteiger partial charge in [0.2, 0.25) is 0 Å². The van der Waals surface area contributed by atoms with Crippen LogP contribution in [0.15, 0.2) is 30.6 Å². The van der Waals surface area contributed by atoms with Gasteiger partial charge in [0.15, 0.2) is 5.78 Å². The molecule has 0 aliphatic heterocycles. The van der Waals surface area contributed by atoms with Crippen molar-refractivity contribution >= 4 is 17.4 Å². The summed E-state index contributed by atoms with van der Waals surface area (Å²) in [5.74, 6) is -0.875. The van der Waals surface area contributed by atoms with Crippen molar-refractivity contribution in [1.29, 1.82) is 0 Å². The van der Waals surface area contributed by atoms with Crippen molar-refractivity contribution in [3.8, 4) is 0 Å². The molecule has 2 rings (SSSR count). The smallest absolute Gasteiger partial charge is 0.196 e. The number of aryl methyl sites for hydroxylation is 1.